The molecule has 2 N–H and O–H groups in total. The Kier molecular flexibility index (Phi) is 3.59. The van der Waals surface area contributed by atoms with Crippen molar-refractivity contribution in [2.45, 2.75) is 31.9 Å². The van der Waals surface area contributed by atoms with Gasteiger partial charge in [-0.3, -0.25) is 0 Å². The van der Waals surface area contributed by atoms with Crippen LogP contribution in [0.4, 0.5) is 13.2 Å². The van der Waals surface area contributed by atoms with E-state index in [1.165, 1.54) is 38.8 Å². The fourth-order valence-electron chi connectivity index (χ4n) is 1.63. The normalized spacial score (nSPS) is 22.9. The molecule has 0 atom stereocenters. The summed E-state index contributed by atoms with van der Waals surface area (Å²) in [4.78, 5) is 8.90. The maximum atomic E-state index is 10.6. The van der Waals surface area contributed by atoms with Gasteiger partial charge in [-0.1, -0.05) is 0 Å². The Morgan fingerprint density at radius 1 is 1.13 bits per heavy atom. The van der Waals surface area contributed by atoms with Crippen molar-refractivity contribution in [2.75, 3.05) is 13.1 Å². The number of rotatable bonds is 0. The average Bonchev–Trinajstić information content (AvgIpc) is 2.86. The Labute approximate surface area is 85.7 Å². The molecule has 2 fully saturated rings. The zero-order valence-electron chi connectivity index (χ0n) is 8.23. The first-order chi connectivity index (χ1) is 6.86. The van der Waals surface area contributed by atoms with Crippen LogP contribution in [0.15, 0.2) is 0 Å². The lowest BCUT2D eigenvalue weighted by Gasteiger charge is -2.20. The van der Waals surface area contributed by atoms with E-state index in [1.54, 1.807) is 0 Å². The van der Waals surface area contributed by atoms with Crippen molar-refractivity contribution >= 4 is 5.97 Å². The minimum atomic E-state index is -5.08. The maximum Gasteiger partial charge on any atom is 0.490 e. The van der Waals surface area contributed by atoms with Crippen molar-refractivity contribution in [3.8, 4) is 0 Å². The number of carboxylic acid groups (broad SMARTS) is 1. The van der Waals surface area contributed by atoms with Gasteiger partial charge in [0.1, 0.15) is 0 Å². The third-order valence-electron chi connectivity index (χ3n) is 2.86. The van der Waals surface area contributed by atoms with Crippen LogP contribution in [0.2, 0.25) is 0 Å². The fourth-order valence-corrected chi connectivity index (χ4v) is 1.63. The smallest absolute Gasteiger partial charge is 0.475 e. The number of hydrogen-bond donors (Lipinski definition) is 2. The SMILES string of the molecule is C1CC2(CCN1)CC2.O=C(O)C(F)(F)F. The van der Waals surface area contributed by atoms with E-state index < -0.39 is 12.1 Å². The Morgan fingerprint density at radius 2 is 1.53 bits per heavy atom. The third kappa shape index (κ3) is 4.07. The summed E-state index contributed by atoms with van der Waals surface area (Å²) in [7, 11) is 0. The molecule has 88 valence electrons. The largest absolute Gasteiger partial charge is 0.490 e. The van der Waals surface area contributed by atoms with Crippen LogP contribution in [0.1, 0.15) is 25.7 Å². The zero-order valence-corrected chi connectivity index (χ0v) is 8.23. The molecule has 0 bridgehead atoms. The lowest BCUT2D eigenvalue weighted by Crippen LogP contribution is -2.28. The number of aliphatic carboxylic acids is 1. The Balaban J connectivity index is 0.000000153. The van der Waals surface area contributed by atoms with Crippen molar-refractivity contribution in [1.82, 2.24) is 5.32 Å². The fraction of sp³-hybridized carbons (Fsp3) is 0.889. The zero-order chi connectivity index (χ0) is 11.5. The van der Waals surface area contributed by atoms with Crippen molar-refractivity contribution in [3.05, 3.63) is 0 Å². The lowest BCUT2D eigenvalue weighted by atomic mass is 9.95. The second-order valence-corrected chi connectivity index (χ2v) is 4.05. The highest BCUT2D eigenvalue weighted by Gasteiger charge is 2.42. The summed E-state index contributed by atoms with van der Waals surface area (Å²) in [6, 6.07) is 0. The predicted octanol–water partition coefficient (Wildman–Crippen LogP) is 1.78. The van der Waals surface area contributed by atoms with Crippen LogP contribution in [0, 0.1) is 5.41 Å². The average molecular weight is 225 g/mol. The molecule has 0 aromatic rings. The van der Waals surface area contributed by atoms with Crippen molar-refractivity contribution in [2.24, 2.45) is 5.41 Å². The topological polar surface area (TPSA) is 49.3 Å². The summed E-state index contributed by atoms with van der Waals surface area (Å²) in [6.07, 6.45) is 0.864. The first kappa shape index (κ1) is 12.3. The molecule has 6 heteroatoms. The van der Waals surface area contributed by atoms with Crippen LogP contribution in [-0.2, 0) is 4.79 Å². The van der Waals surface area contributed by atoms with Gasteiger partial charge in [-0.15, -0.1) is 0 Å². The van der Waals surface area contributed by atoms with E-state index in [1.807, 2.05) is 0 Å². The lowest BCUT2D eigenvalue weighted by molar-refractivity contribution is -0.192. The highest BCUT2D eigenvalue weighted by atomic mass is 19.4. The van der Waals surface area contributed by atoms with Crippen LogP contribution in [0.3, 0.4) is 0 Å². The van der Waals surface area contributed by atoms with Gasteiger partial charge in [-0.05, 0) is 44.2 Å². The molecule has 1 aliphatic heterocycles. The van der Waals surface area contributed by atoms with E-state index in [0.717, 1.165) is 5.41 Å². The Morgan fingerprint density at radius 3 is 1.73 bits per heavy atom. The molecule has 0 aromatic carbocycles. The van der Waals surface area contributed by atoms with Crippen molar-refractivity contribution in [3.63, 3.8) is 0 Å². The van der Waals surface area contributed by atoms with Crippen LogP contribution in [0.25, 0.3) is 0 Å². The van der Waals surface area contributed by atoms with E-state index in [2.05, 4.69) is 5.32 Å². The molecular formula is C9H14F3NO2. The van der Waals surface area contributed by atoms with Gasteiger partial charge in [0.05, 0.1) is 0 Å². The summed E-state index contributed by atoms with van der Waals surface area (Å²) in [6.45, 7) is 2.56. The van der Waals surface area contributed by atoms with Crippen molar-refractivity contribution < 1.29 is 23.1 Å². The number of carbonyl (C=O) groups is 1. The van der Waals surface area contributed by atoms with Crippen molar-refractivity contribution in [1.29, 1.82) is 0 Å². The number of piperidine rings is 1. The summed E-state index contributed by atoms with van der Waals surface area (Å²) in [5.41, 5.74) is 0.866. The van der Waals surface area contributed by atoms with E-state index in [4.69, 9.17) is 9.90 Å². The number of halogens is 3. The number of hydrogen-bond acceptors (Lipinski definition) is 2. The molecule has 0 radical (unpaired) electrons. The van der Waals surface area contributed by atoms with Gasteiger partial charge in [0.2, 0.25) is 0 Å². The van der Waals surface area contributed by atoms with Gasteiger partial charge in [-0.25, -0.2) is 4.79 Å². The van der Waals surface area contributed by atoms with E-state index in [-0.39, 0.29) is 0 Å². The highest BCUT2D eigenvalue weighted by Crippen LogP contribution is 2.52. The minimum absolute atomic E-state index is 0.866. The summed E-state index contributed by atoms with van der Waals surface area (Å²) >= 11 is 0. The molecule has 0 unspecified atom stereocenters. The first-order valence-corrected chi connectivity index (χ1v) is 4.87. The molecule has 0 amide bonds. The number of alkyl halides is 3. The molecule has 1 saturated carbocycles. The maximum absolute atomic E-state index is 10.6. The van der Waals surface area contributed by atoms with Gasteiger partial charge in [0.15, 0.2) is 0 Å². The molecule has 2 rings (SSSR count). The monoisotopic (exact) mass is 225 g/mol. The summed E-state index contributed by atoms with van der Waals surface area (Å²) < 4.78 is 31.7. The van der Waals surface area contributed by atoms with Crippen LogP contribution >= 0.6 is 0 Å². The van der Waals surface area contributed by atoms with Crippen LogP contribution < -0.4 is 5.32 Å². The Hall–Kier alpha value is -0.780. The second kappa shape index (κ2) is 4.38. The van der Waals surface area contributed by atoms with Crippen LogP contribution in [-0.4, -0.2) is 30.3 Å². The first-order valence-electron chi connectivity index (χ1n) is 4.87. The minimum Gasteiger partial charge on any atom is -0.475 e. The summed E-state index contributed by atoms with van der Waals surface area (Å²) in [5, 5.41) is 10.5. The number of carboxylic acids is 1. The molecule has 2 aliphatic rings. The van der Waals surface area contributed by atoms with Gasteiger partial charge >= 0.3 is 12.1 Å². The molecule has 3 nitrogen and oxygen atoms in total. The van der Waals surface area contributed by atoms with E-state index >= 15 is 0 Å². The third-order valence-corrected chi connectivity index (χ3v) is 2.86. The van der Waals surface area contributed by atoms with E-state index in [0.29, 0.717) is 0 Å². The van der Waals surface area contributed by atoms with Crippen LogP contribution in [0.5, 0.6) is 0 Å². The molecular weight excluding hydrogens is 211 g/mol. The second-order valence-electron chi connectivity index (χ2n) is 4.05. The molecule has 1 aliphatic carbocycles. The van der Waals surface area contributed by atoms with Gasteiger partial charge in [-0.2, -0.15) is 13.2 Å². The molecule has 1 saturated heterocycles. The number of nitrogens with one attached hydrogen (secondary N) is 1. The summed E-state index contributed by atoms with van der Waals surface area (Å²) in [5.74, 6) is -2.76. The van der Waals surface area contributed by atoms with E-state index in [9.17, 15) is 13.2 Å². The molecule has 1 spiro atoms. The molecule has 0 aromatic heterocycles. The Bertz CT molecular complexity index is 228. The predicted molar refractivity (Wildman–Crippen MR) is 47.5 cm³/mol. The molecule has 15 heavy (non-hydrogen) atoms. The highest BCUT2D eigenvalue weighted by molar-refractivity contribution is 5.73. The van der Waals surface area contributed by atoms with Gasteiger partial charge in [0.25, 0.3) is 0 Å². The van der Waals surface area contributed by atoms with Gasteiger partial charge in [0, 0.05) is 0 Å². The molecule has 1 heterocycles. The standard InChI is InChI=1S/C7H13N.C2HF3O2/c1-2-7(1)3-5-8-6-4-7;3-2(4,5)1(6)7/h8H,1-6H2;(H,6,7). The van der Waals surface area contributed by atoms with Gasteiger partial charge < -0.3 is 10.4 Å². The quantitative estimate of drug-likeness (QED) is 0.660.